The largest absolute Gasteiger partial charge is 0.248 e. The SMILES string of the molecule is c1csc(Cn2cnnn2)n1. The van der Waals surface area contributed by atoms with E-state index in [1.54, 1.807) is 28.5 Å². The molecule has 0 N–H and O–H groups in total. The highest BCUT2D eigenvalue weighted by Crippen LogP contribution is 2.04. The summed E-state index contributed by atoms with van der Waals surface area (Å²) in [4.78, 5) is 4.09. The van der Waals surface area contributed by atoms with Gasteiger partial charge in [-0.2, -0.15) is 0 Å². The van der Waals surface area contributed by atoms with E-state index in [0.717, 1.165) is 5.01 Å². The Balaban J connectivity index is 2.14. The number of hydrogen-bond acceptors (Lipinski definition) is 5. The molecule has 0 spiro atoms. The van der Waals surface area contributed by atoms with Crippen molar-refractivity contribution in [3.05, 3.63) is 22.9 Å². The number of nitrogens with zero attached hydrogens (tertiary/aromatic N) is 5. The molecule has 0 aliphatic rings. The second-order valence-electron chi connectivity index (χ2n) is 1.93. The fraction of sp³-hybridized carbons (Fsp3) is 0.200. The van der Waals surface area contributed by atoms with Crippen molar-refractivity contribution in [1.82, 2.24) is 25.2 Å². The summed E-state index contributed by atoms with van der Waals surface area (Å²) in [6, 6.07) is 0. The third-order valence-electron chi connectivity index (χ3n) is 1.17. The average molecular weight is 167 g/mol. The molecule has 56 valence electrons. The Morgan fingerprint density at radius 1 is 1.55 bits per heavy atom. The number of aromatic nitrogens is 5. The molecular formula is C5H5N5S. The molecule has 0 fully saturated rings. The highest BCUT2D eigenvalue weighted by molar-refractivity contribution is 7.09. The summed E-state index contributed by atoms with van der Waals surface area (Å²) in [5.74, 6) is 0. The monoisotopic (exact) mass is 167 g/mol. The molecule has 0 saturated heterocycles. The summed E-state index contributed by atoms with van der Waals surface area (Å²) in [5, 5.41) is 13.7. The van der Waals surface area contributed by atoms with Gasteiger partial charge < -0.3 is 0 Å². The first-order valence-corrected chi connectivity index (χ1v) is 3.92. The van der Waals surface area contributed by atoms with Crippen molar-refractivity contribution in [3.63, 3.8) is 0 Å². The minimum Gasteiger partial charge on any atom is -0.248 e. The third-order valence-corrected chi connectivity index (χ3v) is 1.94. The molecule has 0 aliphatic heterocycles. The molecule has 2 aromatic heterocycles. The molecule has 11 heavy (non-hydrogen) atoms. The predicted octanol–water partition coefficient (Wildman–Crippen LogP) is 0.178. The van der Waals surface area contributed by atoms with E-state index in [-0.39, 0.29) is 0 Å². The summed E-state index contributed by atoms with van der Waals surface area (Å²) in [6.45, 7) is 0.657. The maximum atomic E-state index is 4.09. The van der Waals surface area contributed by atoms with Crippen LogP contribution in [-0.2, 0) is 6.54 Å². The van der Waals surface area contributed by atoms with Gasteiger partial charge in [-0.1, -0.05) is 0 Å². The van der Waals surface area contributed by atoms with Gasteiger partial charge in [0, 0.05) is 11.6 Å². The van der Waals surface area contributed by atoms with Crippen molar-refractivity contribution in [2.24, 2.45) is 0 Å². The van der Waals surface area contributed by atoms with E-state index in [4.69, 9.17) is 0 Å². The van der Waals surface area contributed by atoms with E-state index < -0.39 is 0 Å². The maximum absolute atomic E-state index is 4.09. The molecule has 2 aromatic rings. The zero-order valence-electron chi connectivity index (χ0n) is 5.58. The van der Waals surface area contributed by atoms with Crippen LogP contribution in [0.25, 0.3) is 0 Å². The Kier molecular flexibility index (Phi) is 1.60. The van der Waals surface area contributed by atoms with E-state index in [2.05, 4.69) is 20.5 Å². The second-order valence-corrected chi connectivity index (χ2v) is 2.91. The van der Waals surface area contributed by atoms with Crippen LogP contribution in [0.15, 0.2) is 17.9 Å². The quantitative estimate of drug-likeness (QED) is 0.640. The normalized spacial score (nSPS) is 10.2. The van der Waals surface area contributed by atoms with Crippen molar-refractivity contribution < 1.29 is 0 Å². The van der Waals surface area contributed by atoms with Gasteiger partial charge >= 0.3 is 0 Å². The standard InChI is InChI=1S/C5H5N5S/c1-2-11-5(6-1)3-10-4-7-8-9-10/h1-2,4H,3H2. The molecule has 0 saturated carbocycles. The van der Waals surface area contributed by atoms with Gasteiger partial charge in [-0.25, -0.2) is 9.67 Å². The van der Waals surface area contributed by atoms with Crippen LogP contribution in [0.3, 0.4) is 0 Å². The van der Waals surface area contributed by atoms with Crippen LogP contribution >= 0.6 is 11.3 Å². The van der Waals surface area contributed by atoms with Crippen molar-refractivity contribution in [1.29, 1.82) is 0 Å². The van der Waals surface area contributed by atoms with Crippen LogP contribution in [0.2, 0.25) is 0 Å². The van der Waals surface area contributed by atoms with Crippen LogP contribution in [-0.4, -0.2) is 25.2 Å². The Bertz CT molecular complexity index is 267. The predicted molar refractivity (Wildman–Crippen MR) is 39.0 cm³/mol. The highest BCUT2D eigenvalue weighted by atomic mass is 32.1. The Hall–Kier alpha value is -1.30. The summed E-state index contributed by atoms with van der Waals surface area (Å²) < 4.78 is 1.64. The molecular weight excluding hydrogens is 162 g/mol. The lowest BCUT2D eigenvalue weighted by molar-refractivity contribution is 0.645. The van der Waals surface area contributed by atoms with Gasteiger partial charge in [0.15, 0.2) is 0 Å². The zero-order chi connectivity index (χ0) is 7.52. The van der Waals surface area contributed by atoms with Gasteiger partial charge in [0.25, 0.3) is 0 Å². The first-order valence-electron chi connectivity index (χ1n) is 3.04. The number of tetrazole rings is 1. The summed E-state index contributed by atoms with van der Waals surface area (Å²) in [6.07, 6.45) is 3.34. The summed E-state index contributed by atoms with van der Waals surface area (Å²) >= 11 is 1.59. The minimum absolute atomic E-state index is 0.657. The first-order chi connectivity index (χ1) is 5.45. The minimum atomic E-state index is 0.657. The smallest absolute Gasteiger partial charge is 0.138 e. The Labute approximate surface area is 66.7 Å². The van der Waals surface area contributed by atoms with E-state index in [9.17, 15) is 0 Å². The van der Waals surface area contributed by atoms with Gasteiger partial charge in [-0.3, -0.25) is 0 Å². The van der Waals surface area contributed by atoms with Gasteiger partial charge in [0.05, 0.1) is 6.54 Å². The molecule has 0 bridgehead atoms. The van der Waals surface area contributed by atoms with Crippen molar-refractivity contribution in [3.8, 4) is 0 Å². The molecule has 2 rings (SSSR count). The van der Waals surface area contributed by atoms with Crippen LogP contribution in [0.5, 0.6) is 0 Å². The molecule has 0 amide bonds. The lowest BCUT2D eigenvalue weighted by Crippen LogP contribution is -1.99. The Morgan fingerprint density at radius 2 is 2.55 bits per heavy atom. The highest BCUT2D eigenvalue weighted by Gasteiger charge is 1.96. The van der Waals surface area contributed by atoms with Crippen molar-refractivity contribution >= 4 is 11.3 Å². The molecule has 5 nitrogen and oxygen atoms in total. The number of rotatable bonds is 2. The molecule has 2 heterocycles. The van der Waals surface area contributed by atoms with E-state index in [1.165, 1.54) is 0 Å². The fourth-order valence-electron chi connectivity index (χ4n) is 0.722. The van der Waals surface area contributed by atoms with E-state index >= 15 is 0 Å². The van der Waals surface area contributed by atoms with Gasteiger partial charge in [-0.15, -0.1) is 16.4 Å². The number of hydrogen-bond donors (Lipinski definition) is 0. The lowest BCUT2D eigenvalue weighted by Gasteiger charge is -1.91. The van der Waals surface area contributed by atoms with E-state index in [1.807, 2.05) is 5.38 Å². The van der Waals surface area contributed by atoms with Gasteiger partial charge in [0.1, 0.15) is 11.3 Å². The molecule has 0 unspecified atom stereocenters. The molecule has 0 atom stereocenters. The zero-order valence-corrected chi connectivity index (χ0v) is 6.40. The summed E-state index contributed by atoms with van der Waals surface area (Å²) in [5.41, 5.74) is 0. The molecule has 0 aliphatic carbocycles. The Morgan fingerprint density at radius 3 is 3.18 bits per heavy atom. The second kappa shape index (κ2) is 2.75. The fourth-order valence-corrected chi connectivity index (χ4v) is 1.33. The molecule has 6 heteroatoms. The molecule has 0 aromatic carbocycles. The summed E-state index contributed by atoms with van der Waals surface area (Å²) in [7, 11) is 0. The van der Waals surface area contributed by atoms with Crippen LogP contribution < -0.4 is 0 Å². The van der Waals surface area contributed by atoms with Crippen molar-refractivity contribution in [2.45, 2.75) is 6.54 Å². The van der Waals surface area contributed by atoms with Crippen LogP contribution in [0, 0.1) is 0 Å². The van der Waals surface area contributed by atoms with Gasteiger partial charge in [-0.05, 0) is 10.4 Å². The maximum Gasteiger partial charge on any atom is 0.138 e. The lowest BCUT2D eigenvalue weighted by atomic mass is 10.7. The number of thiazole rings is 1. The van der Waals surface area contributed by atoms with E-state index in [0.29, 0.717) is 6.54 Å². The molecule has 0 radical (unpaired) electrons. The van der Waals surface area contributed by atoms with Gasteiger partial charge in [0.2, 0.25) is 0 Å². The van der Waals surface area contributed by atoms with Crippen LogP contribution in [0.4, 0.5) is 0 Å². The topological polar surface area (TPSA) is 56.5 Å². The first kappa shape index (κ1) is 6.41. The average Bonchev–Trinajstić information content (AvgIpc) is 2.60. The third kappa shape index (κ3) is 1.40. The van der Waals surface area contributed by atoms with Crippen molar-refractivity contribution in [2.75, 3.05) is 0 Å². The van der Waals surface area contributed by atoms with Crippen LogP contribution in [0.1, 0.15) is 5.01 Å².